The first kappa shape index (κ1) is 21.2. The van der Waals surface area contributed by atoms with Gasteiger partial charge in [0, 0.05) is 5.69 Å². The van der Waals surface area contributed by atoms with Crippen LogP contribution in [0.2, 0.25) is 0 Å². The van der Waals surface area contributed by atoms with Crippen molar-refractivity contribution < 1.29 is 33.2 Å². The third-order valence-electron chi connectivity index (χ3n) is 4.07. The maximum atomic E-state index is 12.5. The first-order chi connectivity index (χ1) is 14.8. The molecule has 12 nitrogen and oxygen atoms in total. The van der Waals surface area contributed by atoms with E-state index in [4.69, 9.17) is 4.42 Å². The first-order valence-corrected chi connectivity index (χ1v) is 8.69. The van der Waals surface area contributed by atoms with Crippen LogP contribution in [0.4, 0.5) is 11.4 Å². The molecule has 2 aromatic heterocycles. The number of hydrogen-bond acceptors (Lipinski definition) is 9. The van der Waals surface area contributed by atoms with Gasteiger partial charge in [0.25, 0.3) is 5.91 Å². The summed E-state index contributed by atoms with van der Waals surface area (Å²) in [6.45, 7) is 0.0748. The molecule has 3 aromatic rings. The molecule has 0 saturated carbocycles. The lowest BCUT2D eigenvalue weighted by atomic mass is 10.1. The zero-order valence-corrected chi connectivity index (χ0v) is 16.4. The number of amides is 1. The minimum absolute atomic E-state index is 0.0427. The highest BCUT2D eigenvalue weighted by Gasteiger charge is 2.17. The van der Waals surface area contributed by atoms with Crippen LogP contribution in [0.15, 0.2) is 47.1 Å². The van der Waals surface area contributed by atoms with Gasteiger partial charge in [-0.15, -0.1) is 0 Å². The molecule has 0 aliphatic heterocycles. The van der Waals surface area contributed by atoms with E-state index in [1.807, 2.05) is 0 Å². The van der Waals surface area contributed by atoms with Crippen molar-refractivity contribution in [1.82, 2.24) is 9.78 Å². The molecule has 0 bridgehead atoms. The van der Waals surface area contributed by atoms with Gasteiger partial charge in [0.15, 0.2) is 5.76 Å². The van der Waals surface area contributed by atoms with Crippen LogP contribution in [0.5, 0.6) is 0 Å². The Hall–Kier alpha value is -4.48. The highest BCUT2D eigenvalue weighted by atomic mass is 16.6. The number of hydrogen-bond donors (Lipinski definition) is 1. The topological polar surface area (TPSA) is 156 Å². The summed E-state index contributed by atoms with van der Waals surface area (Å²) in [7, 11) is 2.37. The summed E-state index contributed by atoms with van der Waals surface area (Å²) in [6.07, 6.45) is 2.33. The molecule has 1 aromatic carbocycles. The number of esters is 2. The van der Waals surface area contributed by atoms with Crippen LogP contribution in [0, 0.1) is 10.1 Å². The van der Waals surface area contributed by atoms with Crippen molar-refractivity contribution in [3.05, 3.63) is 75.5 Å². The minimum atomic E-state index is -0.699. The number of benzene rings is 1. The summed E-state index contributed by atoms with van der Waals surface area (Å²) >= 11 is 0. The number of rotatable bonds is 7. The van der Waals surface area contributed by atoms with Gasteiger partial charge in [0.2, 0.25) is 0 Å². The Morgan fingerprint density at radius 2 is 1.77 bits per heavy atom. The number of methoxy groups -OCH3 is 2. The van der Waals surface area contributed by atoms with E-state index in [9.17, 15) is 24.5 Å². The van der Waals surface area contributed by atoms with E-state index in [0.29, 0.717) is 5.76 Å². The molecule has 0 fully saturated rings. The van der Waals surface area contributed by atoms with Crippen molar-refractivity contribution in [1.29, 1.82) is 0 Å². The van der Waals surface area contributed by atoms with E-state index in [1.165, 1.54) is 55.4 Å². The molecule has 0 spiro atoms. The van der Waals surface area contributed by atoms with E-state index in [1.54, 1.807) is 0 Å². The average Bonchev–Trinajstić information content (AvgIpc) is 3.42. The van der Waals surface area contributed by atoms with E-state index < -0.39 is 22.8 Å². The monoisotopic (exact) mass is 428 g/mol. The molecular weight excluding hydrogens is 412 g/mol. The van der Waals surface area contributed by atoms with Crippen molar-refractivity contribution in [2.45, 2.75) is 6.54 Å². The van der Waals surface area contributed by atoms with E-state index in [-0.39, 0.29) is 34.8 Å². The predicted molar refractivity (Wildman–Crippen MR) is 104 cm³/mol. The van der Waals surface area contributed by atoms with Crippen LogP contribution in [-0.2, 0) is 16.0 Å². The van der Waals surface area contributed by atoms with Crippen molar-refractivity contribution in [2.75, 3.05) is 19.5 Å². The summed E-state index contributed by atoms with van der Waals surface area (Å²) in [6, 6.07) is 6.88. The van der Waals surface area contributed by atoms with Crippen molar-refractivity contribution in [3.63, 3.8) is 0 Å². The lowest BCUT2D eigenvalue weighted by molar-refractivity contribution is -0.385. The standard InChI is InChI=1S/C19H16N4O8/c1-29-18(25)11-5-12(19(26)30-2)7-13(6-11)21-17(24)16-4-3-15(31-16)10-22-9-14(8-20-22)23(27)28/h3-9H,10H2,1-2H3,(H,21,24). The number of aromatic nitrogens is 2. The second-order valence-electron chi connectivity index (χ2n) is 6.16. The van der Waals surface area contributed by atoms with Gasteiger partial charge in [-0.05, 0) is 30.3 Å². The molecule has 0 aliphatic carbocycles. The maximum absolute atomic E-state index is 12.5. The average molecular weight is 428 g/mol. The van der Waals surface area contributed by atoms with Gasteiger partial charge in [0.05, 0.1) is 36.8 Å². The van der Waals surface area contributed by atoms with Crippen molar-refractivity contribution >= 4 is 29.2 Å². The van der Waals surface area contributed by atoms with Crippen LogP contribution in [0.25, 0.3) is 0 Å². The SMILES string of the molecule is COC(=O)c1cc(NC(=O)c2ccc(Cn3cc([N+](=O)[O-])cn3)o2)cc(C(=O)OC)c1. The van der Waals surface area contributed by atoms with Gasteiger partial charge in [-0.25, -0.2) is 9.59 Å². The molecular formula is C19H16N4O8. The van der Waals surface area contributed by atoms with Crippen LogP contribution in [-0.4, -0.2) is 46.8 Å². The number of nitro groups is 1. The summed E-state index contributed by atoms with van der Waals surface area (Å²) in [5.74, 6) is -1.76. The number of anilines is 1. The van der Waals surface area contributed by atoms with Gasteiger partial charge in [0.1, 0.15) is 18.2 Å². The Balaban J connectivity index is 1.77. The van der Waals surface area contributed by atoms with Gasteiger partial charge >= 0.3 is 17.6 Å². The Bertz CT molecular complexity index is 1130. The molecule has 0 aliphatic rings. The highest BCUT2D eigenvalue weighted by molar-refractivity contribution is 6.04. The fourth-order valence-corrected chi connectivity index (χ4v) is 2.64. The van der Waals surface area contributed by atoms with Gasteiger partial charge in [-0.2, -0.15) is 5.10 Å². The predicted octanol–water partition coefficient (Wildman–Crippen LogP) is 2.26. The fourth-order valence-electron chi connectivity index (χ4n) is 2.64. The molecule has 12 heteroatoms. The summed E-state index contributed by atoms with van der Waals surface area (Å²) in [5.41, 5.74) is 0.0626. The first-order valence-electron chi connectivity index (χ1n) is 8.69. The Labute approximate surface area is 174 Å². The molecule has 2 heterocycles. The number of nitrogens with zero attached hydrogens (tertiary/aromatic N) is 3. The zero-order chi connectivity index (χ0) is 22.5. The van der Waals surface area contributed by atoms with Gasteiger partial charge in [-0.3, -0.25) is 19.6 Å². The summed E-state index contributed by atoms with van der Waals surface area (Å²) < 4.78 is 16.1. The Morgan fingerprint density at radius 3 is 2.32 bits per heavy atom. The second-order valence-corrected chi connectivity index (χ2v) is 6.16. The molecule has 0 saturated heterocycles. The molecule has 0 radical (unpaired) electrons. The minimum Gasteiger partial charge on any atom is -0.465 e. The lowest BCUT2D eigenvalue weighted by Gasteiger charge is -2.08. The third-order valence-corrected chi connectivity index (χ3v) is 4.07. The molecule has 0 atom stereocenters. The summed E-state index contributed by atoms with van der Waals surface area (Å²) in [5, 5.41) is 17.1. The van der Waals surface area contributed by atoms with Crippen LogP contribution in [0.1, 0.15) is 37.0 Å². The second kappa shape index (κ2) is 8.90. The number of carbonyl (C=O) groups is 3. The number of furan rings is 1. The van der Waals surface area contributed by atoms with E-state index in [0.717, 1.165) is 6.20 Å². The van der Waals surface area contributed by atoms with Gasteiger partial charge in [-0.1, -0.05) is 0 Å². The lowest BCUT2D eigenvalue weighted by Crippen LogP contribution is -2.13. The molecule has 1 N–H and O–H groups in total. The normalized spacial score (nSPS) is 10.4. The van der Waals surface area contributed by atoms with Crippen LogP contribution < -0.4 is 5.32 Å². The van der Waals surface area contributed by atoms with Crippen LogP contribution in [0.3, 0.4) is 0 Å². The molecule has 31 heavy (non-hydrogen) atoms. The molecule has 3 rings (SSSR count). The van der Waals surface area contributed by atoms with Crippen LogP contribution >= 0.6 is 0 Å². The quantitative estimate of drug-likeness (QED) is 0.339. The van der Waals surface area contributed by atoms with Crippen molar-refractivity contribution in [2.24, 2.45) is 0 Å². The van der Waals surface area contributed by atoms with E-state index in [2.05, 4.69) is 19.9 Å². The molecule has 160 valence electrons. The number of nitrogens with one attached hydrogen (secondary N) is 1. The maximum Gasteiger partial charge on any atom is 0.337 e. The molecule has 0 unspecified atom stereocenters. The molecule has 1 amide bonds. The van der Waals surface area contributed by atoms with Gasteiger partial charge < -0.3 is 19.2 Å². The fraction of sp³-hybridized carbons (Fsp3) is 0.158. The largest absolute Gasteiger partial charge is 0.465 e. The number of carbonyl (C=O) groups excluding carboxylic acids is 3. The Morgan fingerprint density at radius 1 is 1.13 bits per heavy atom. The zero-order valence-electron chi connectivity index (χ0n) is 16.4. The summed E-state index contributed by atoms with van der Waals surface area (Å²) in [4.78, 5) is 46.4. The smallest absolute Gasteiger partial charge is 0.337 e. The van der Waals surface area contributed by atoms with Crippen molar-refractivity contribution in [3.8, 4) is 0 Å². The number of ether oxygens (including phenoxy) is 2. The Kier molecular flexibility index (Phi) is 6.10. The highest BCUT2D eigenvalue weighted by Crippen LogP contribution is 2.19. The third kappa shape index (κ3) is 4.93. The van der Waals surface area contributed by atoms with E-state index >= 15 is 0 Å².